The van der Waals surface area contributed by atoms with Gasteiger partial charge in [-0.2, -0.15) is 0 Å². The van der Waals surface area contributed by atoms with Crippen LogP contribution in [0.15, 0.2) is 0 Å². The molecule has 3 nitrogen and oxygen atoms in total. The molecule has 0 rings (SSSR count). The Morgan fingerprint density at radius 3 is 2.06 bits per heavy atom. The molecule has 0 saturated heterocycles. The summed E-state index contributed by atoms with van der Waals surface area (Å²) < 4.78 is 10.0. The first kappa shape index (κ1) is 23.0. The van der Waals surface area contributed by atoms with Crippen molar-refractivity contribution in [1.82, 2.24) is 5.32 Å². The third-order valence-corrected chi connectivity index (χ3v) is 2.34. The van der Waals surface area contributed by atoms with Crippen LogP contribution in [-0.2, 0) is 9.47 Å². The molecule has 1 N–H and O–H groups in total. The van der Waals surface area contributed by atoms with E-state index in [1.165, 1.54) is 19.3 Å². The summed E-state index contributed by atoms with van der Waals surface area (Å²) in [7, 11) is 3.68. The summed E-state index contributed by atoms with van der Waals surface area (Å²) in [6.07, 6.45) is 4.91. The third-order valence-electron chi connectivity index (χ3n) is 2.34. The molecule has 0 aromatic rings. The summed E-state index contributed by atoms with van der Waals surface area (Å²) in [5, 5.41) is 3.12. The van der Waals surface area contributed by atoms with Gasteiger partial charge < -0.3 is 14.8 Å². The van der Waals surface area contributed by atoms with Gasteiger partial charge in [0.1, 0.15) is 0 Å². The average molecular weight is 263 g/mol. The third kappa shape index (κ3) is 29.7. The monoisotopic (exact) mass is 263 g/mol. The van der Waals surface area contributed by atoms with Crippen molar-refractivity contribution in [2.45, 2.75) is 66.3 Å². The quantitative estimate of drug-likeness (QED) is 0.641. The molecule has 1 unspecified atom stereocenters. The van der Waals surface area contributed by atoms with Crippen LogP contribution in [0.2, 0.25) is 0 Å². The minimum atomic E-state index is 0.579. The van der Waals surface area contributed by atoms with Crippen LogP contribution < -0.4 is 5.32 Å². The zero-order valence-electron chi connectivity index (χ0n) is 13.8. The topological polar surface area (TPSA) is 30.5 Å². The van der Waals surface area contributed by atoms with Crippen LogP contribution in [-0.4, -0.2) is 40.0 Å². The van der Waals surface area contributed by atoms with Crippen molar-refractivity contribution in [3.8, 4) is 0 Å². The minimum absolute atomic E-state index is 0.579. The second kappa shape index (κ2) is 25.7. The van der Waals surface area contributed by atoms with Crippen LogP contribution in [0.3, 0.4) is 0 Å². The van der Waals surface area contributed by atoms with Crippen LogP contribution in [0.25, 0.3) is 0 Å². The molecule has 0 aliphatic rings. The van der Waals surface area contributed by atoms with Crippen molar-refractivity contribution in [3.63, 3.8) is 0 Å². The predicted octanol–water partition coefficient (Wildman–Crippen LogP) is 3.87. The normalized spacial score (nSPS) is 10.8. The highest BCUT2D eigenvalue weighted by molar-refractivity contribution is 4.54. The molecule has 3 heteroatoms. The van der Waals surface area contributed by atoms with Crippen LogP contribution in [0, 0.1) is 0 Å². The van der Waals surface area contributed by atoms with Crippen molar-refractivity contribution in [1.29, 1.82) is 0 Å². The van der Waals surface area contributed by atoms with Gasteiger partial charge >= 0.3 is 0 Å². The van der Waals surface area contributed by atoms with Crippen LogP contribution in [0.5, 0.6) is 0 Å². The van der Waals surface area contributed by atoms with Gasteiger partial charge in [0.2, 0.25) is 0 Å². The van der Waals surface area contributed by atoms with E-state index in [9.17, 15) is 0 Å². The highest BCUT2D eigenvalue weighted by Crippen LogP contribution is 1.92. The Hall–Kier alpha value is -0.120. The Morgan fingerprint density at radius 2 is 1.67 bits per heavy atom. The first-order chi connectivity index (χ1) is 8.72. The fourth-order valence-corrected chi connectivity index (χ4v) is 1.04. The molecule has 0 bridgehead atoms. The number of nitrogens with one attached hydrogen (secondary N) is 1. The lowest BCUT2D eigenvalue weighted by Crippen LogP contribution is -2.22. The number of ether oxygens (including phenoxy) is 2. The van der Waals surface area contributed by atoms with E-state index in [1.807, 2.05) is 27.8 Å². The molecule has 0 fully saturated rings. The van der Waals surface area contributed by atoms with Gasteiger partial charge in [-0.1, -0.05) is 33.6 Å². The summed E-state index contributed by atoms with van der Waals surface area (Å²) in [4.78, 5) is 0. The van der Waals surface area contributed by atoms with Gasteiger partial charge in [-0.05, 0) is 33.7 Å². The summed E-state index contributed by atoms with van der Waals surface area (Å²) in [5.74, 6) is 0. The summed E-state index contributed by atoms with van der Waals surface area (Å²) in [6, 6.07) is 0.579. The largest absolute Gasteiger partial charge is 0.385 e. The van der Waals surface area contributed by atoms with Crippen molar-refractivity contribution in [2.75, 3.05) is 34.0 Å². The van der Waals surface area contributed by atoms with Crippen molar-refractivity contribution < 1.29 is 9.47 Å². The lowest BCUT2D eigenvalue weighted by Gasteiger charge is -2.07. The van der Waals surface area contributed by atoms with Crippen LogP contribution in [0.1, 0.15) is 60.3 Å². The fraction of sp³-hybridized carbons (Fsp3) is 1.00. The summed E-state index contributed by atoms with van der Waals surface area (Å²) in [6.45, 7) is 13.0. The Kier molecular flexibility index (Phi) is 32.8. The highest BCUT2D eigenvalue weighted by Gasteiger charge is 1.93. The molecule has 0 amide bonds. The van der Waals surface area contributed by atoms with E-state index in [0.717, 1.165) is 26.2 Å². The van der Waals surface area contributed by atoms with Gasteiger partial charge in [0.15, 0.2) is 0 Å². The Morgan fingerprint density at radius 1 is 1.06 bits per heavy atom. The van der Waals surface area contributed by atoms with Crippen LogP contribution in [0.4, 0.5) is 0 Å². The second-order valence-electron chi connectivity index (χ2n) is 3.88. The average Bonchev–Trinajstić information content (AvgIpc) is 2.44. The highest BCUT2D eigenvalue weighted by atomic mass is 16.5. The van der Waals surface area contributed by atoms with E-state index < -0.39 is 0 Å². The standard InChI is InChI=1S/C7H16O.C6H15NO.C2H6/c1-3-5-6-7-8-4-2;1-6(7-2)4-5-8-3;1-2/h3-7H2,1-2H3;6-7H,4-5H2,1-3H3;1-2H3. The van der Waals surface area contributed by atoms with Crippen LogP contribution >= 0.6 is 0 Å². The molecule has 0 aromatic carbocycles. The maximum absolute atomic E-state index is 5.14. The Balaban J connectivity index is -0.000000219. The lowest BCUT2D eigenvalue weighted by molar-refractivity contribution is 0.143. The first-order valence-electron chi connectivity index (χ1n) is 7.46. The number of hydrogen-bond donors (Lipinski definition) is 1. The molecule has 0 aliphatic heterocycles. The molecule has 0 aliphatic carbocycles. The maximum Gasteiger partial charge on any atom is 0.0476 e. The van der Waals surface area contributed by atoms with E-state index >= 15 is 0 Å². The second-order valence-corrected chi connectivity index (χ2v) is 3.88. The van der Waals surface area contributed by atoms with Gasteiger partial charge in [-0.15, -0.1) is 0 Å². The van der Waals surface area contributed by atoms with Gasteiger partial charge in [-0.25, -0.2) is 0 Å². The number of rotatable bonds is 9. The summed E-state index contributed by atoms with van der Waals surface area (Å²) in [5.41, 5.74) is 0. The Labute approximate surface area is 116 Å². The van der Waals surface area contributed by atoms with E-state index in [1.54, 1.807) is 7.11 Å². The lowest BCUT2D eigenvalue weighted by atomic mass is 10.2. The number of unbranched alkanes of at least 4 members (excludes halogenated alkanes) is 2. The molecule has 1 atom stereocenters. The number of hydrogen-bond acceptors (Lipinski definition) is 3. The van der Waals surface area contributed by atoms with E-state index in [4.69, 9.17) is 9.47 Å². The molecule has 0 spiro atoms. The fourth-order valence-electron chi connectivity index (χ4n) is 1.04. The van der Waals surface area contributed by atoms with E-state index in [0.29, 0.717) is 6.04 Å². The Bertz CT molecular complexity index is 105. The van der Waals surface area contributed by atoms with Gasteiger partial charge in [0, 0.05) is 33.0 Å². The SMILES string of the molecule is CC.CCCCCOCC.CNC(C)CCOC. The van der Waals surface area contributed by atoms with Crippen molar-refractivity contribution >= 4 is 0 Å². The molecular formula is C15H37NO2. The molecule has 0 aromatic heterocycles. The molecular weight excluding hydrogens is 226 g/mol. The van der Waals surface area contributed by atoms with Gasteiger partial charge in [0.25, 0.3) is 0 Å². The molecule has 0 radical (unpaired) electrons. The predicted molar refractivity (Wildman–Crippen MR) is 82.4 cm³/mol. The zero-order valence-corrected chi connectivity index (χ0v) is 13.8. The van der Waals surface area contributed by atoms with Crippen molar-refractivity contribution in [2.24, 2.45) is 0 Å². The maximum atomic E-state index is 5.14. The molecule has 18 heavy (non-hydrogen) atoms. The molecule has 0 heterocycles. The number of methoxy groups -OCH3 is 1. The molecule has 114 valence electrons. The van der Waals surface area contributed by atoms with E-state index in [2.05, 4.69) is 19.2 Å². The molecule has 0 saturated carbocycles. The minimum Gasteiger partial charge on any atom is -0.385 e. The first-order valence-corrected chi connectivity index (χ1v) is 7.46. The van der Waals surface area contributed by atoms with Gasteiger partial charge in [0.05, 0.1) is 0 Å². The van der Waals surface area contributed by atoms with Crippen molar-refractivity contribution in [3.05, 3.63) is 0 Å². The van der Waals surface area contributed by atoms with Gasteiger partial charge in [-0.3, -0.25) is 0 Å². The smallest absolute Gasteiger partial charge is 0.0476 e. The zero-order chi connectivity index (χ0) is 14.6. The van der Waals surface area contributed by atoms with E-state index in [-0.39, 0.29) is 0 Å². The summed E-state index contributed by atoms with van der Waals surface area (Å²) >= 11 is 0.